The number of nitroso groups, excluding NO2 is 1. The molecule has 8 N–H and O–H groups in total. The van der Waals surface area contributed by atoms with Crippen LogP contribution in [0.5, 0.6) is 11.5 Å². The fourth-order valence-electron chi connectivity index (χ4n) is 2.65. The van der Waals surface area contributed by atoms with Crippen LogP contribution < -0.4 is 21.0 Å². The van der Waals surface area contributed by atoms with Crippen molar-refractivity contribution in [2.75, 3.05) is 12.0 Å². The molecule has 0 atom stereocenters. The van der Waals surface area contributed by atoms with Gasteiger partial charge < -0.3 is 21.0 Å². The Morgan fingerprint density at radius 2 is 1.80 bits per heavy atom. The highest BCUT2D eigenvalue weighted by atomic mass is 79.9. The minimum absolute atomic E-state index is 0. The van der Waals surface area contributed by atoms with E-state index < -0.39 is 11.8 Å². The molecule has 184 valence electrons. The number of hydrogen-bond donors (Lipinski definition) is 4. The molecular formula is C22H22BrN5O7. The number of amides is 2. The quantitative estimate of drug-likeness (QED) is 0.180. The number of ether oxygens (including phenoxy) is 1. The summed E-state index contributed by atoms with van der Waals surface area (Å²) in [5, 5.41) is 18.2. The molecule has 0 aliphatic heterocycles. The molecule has 35 heavy (non-hydrogen) atoms. The Bertz CT molecular complexity index is 1210. The molecule has 3 aromatic carbocycles. The highest BCUT2D eigenvalue weighted by molar-refractivity contribution is 9.10. The SMILES string of the molecule is O.O.O=Nc1cc(NO)ccc1Oc1cccc(/C=N/NC(=O)CNC(=O)c2ccccc2Br)c1. The van der Waals surface area contributed by atoms with E-state index in [0.717, 1.165) is 0 Å². The third-order valence-corrected chi connectivity index (χ3v) is 4.89. The molecular weight excluding hydrogens is 526 g/mol. The summed E-state index contributed by atoms with van der Waals surface area (Å²) in [5.41, 5.74) is 5.58. The van der Waals surface area contributed by atoms with Gasteiger partial charge in [-0.1, -0.05) is 24.3 Å². The number of rotatable bonds is 9. The van der Waals surface area contributed by atoms with Gasteiger partial charge in [0.25, 0.3) is 11.8 Å². The third-order valence-electron chi connectivity index (χ3n) is 4.20. The summed E-state index contributed by atoms with van der Waals surface area (Å²) in [6, 6.07) is 17.9. The highest BCUT2D eigenvalue weighted by Crippen LogP contribution is 2.34. The van der Waals surface area contributed by atoms with Gasteiger partial charge in [-0.2, -0.15) is 5.10 Å². The first kappa shape index (κ1) is 28.9. The topological polar surface area (TPSA) is 204 Å². The van der Waals surface area contributed by atoms with E-state index in [0.29, 0.717) is 27.0 Å². The third kappa shape index (κ3) is 8.28. The summed E-state index contributed by atoms with van der Waals surface area (Å²) >= 11 is 3.28. The van der Waals surface area contributed by atoms with Crippen molar-refractivity contribution < 1.29 is 30.5 Å². The van der Waals surface area contributed by atoms with Crippen LogP contribution in [-0.2, 0) is 4.79 Å². The summed E-state index contributed by atoms with van der Waals surface area (Å²) in [6.45, 7) is -0.249. The first-order valence-corrected chi connectivity index (χ1v) is 10.3. The van der Waals surface area contributed by atoms with E-state index in [4.69, 9.17) is 9.94 Å². The molecule has 12 nitrogen and oxygen atoms in total. The normalized spacial score (nSPS) is 9.89. The molecule has 13 heteroatoms. The number of halogens is 1. The molecule has 0 fully saturated rings. The van der Waals surface area contributed by atoms with Gasteiger partial charge in [-0.05, 0) is 69.1 Å². The second-order valence-electron chi connectivity index (χ2n) is 6.52. The van der Waals surface area contributed by atoms with Crippen LogP contribution in [-0.4, -0.2) is 40.7 Å². The second-order valence-corrected chi connectivity index (χ2v) is 7.37. The lowest BCUT2D eigenvalue weighted by Gasteiger charge is -2.09. The molecule has 0 spiro atoms. The lowest BCUT2D eigenvalue weighted by atomic mass is 10.2. The predicted molar refractivity (Wildman–Crippen MR) is 133 cm³/mol. The summed E-state index contributed by atoms with van der Waals surface area (Å²) < 4.78 is 6.31. The van der Waals surface area contributed by atoms with Gasteiger partial charge >= 0.3 is 0 Å². The molecule has 0 aliphatic rings. The molecule has 0 saturated heterocycles. The Balaban J connectivity index is 0.00000306. The van der Waals surface area contributed by atoms with Crippen LogP contribution in [0.25, 0.3) is 0 Å². The standard InChI is InChI=1S/C22H18BrN5O5.2H2O/c23-18-7-2-1-6-17(18)22(30)24-13-21(29)26-25-12-14-4-3-5-16(10-14)33-20-9-8-15(27-31)11-19(20)28-32;;/h1-12,27,31H,13H2,(H,24,30)(H,26,29);2*1H2/b25-12+;;. The van der Waals surface area contributed by atoms with Gasteiger partial charge in [-0.25, -0.2) is 5.43 Å². The van der Waals surface area contributed by atoms with Gasteiger partial charge in [-0.3, -0.25) is 20.3 Å². The largest absolute Gasteiger partial charge is 0.455 e. The van der Waals surface area contributed by atoms with Gasteiger partial charge in [0, 0.05) is 4.47 Å². The van der Waals surface area contributed by atoms with Crippen molar-refractivity contribution in [2.24, 2.45) is 10.3 Å². The molecule has 0 aliphatic carbocycles. The minimum Gasteiger partial charge on any atom is -0.455 e. The Labute approximate surface area is 207 Å². The lowest BCUT2D eigenvalue weighted by molar-refractivity contribution is -0.120. The number of anilines is 1. The van der Waals surface area contributed by atoms with Crippen molar-refractivity contribution in [1.82, 2.24) is 10.7 Å². The van der Waals surface area contributed by atoms with Gasteiger partial charge in [0.1, 0.15) is 5.75 Å². The van der Waals surface area contributed by atoms with E-state index in [1.807, 2.05) is 5.48 Å². The van der Waals surface area contributed by atoms with Crippen molar-refractivity contribution in [2.45, 2.75) is 0 Å². The molecule has 0 unspecified atom stereocenters. The van der Waals surface area contributed by atoms with Crippen molar-refractivity contribution in [3.8, 4) is 11.5 Å². The first-order chi connectivity index (χ1) is 16.0. The van der Waals surface area contributed by atoms with Crippen LogP contribution in [0.2, 0.25) is 0 Å². The minimum atomic E-state index is -0.502. The van der Waals surface area contributed by atoms with Gasteiger partial charge in [0.2, 0.25) is 0 Å². The number of hydrazone groups is 1. The number of hydrogen-bond acceptors (Lipinski definition) is 8. The average molecular weight is 548 g/mol. The monoisotopic (exact) mass is 547 g/mol. The zero-order chi connectivity index (χ0) is 23.6. The lowest BCUT2D eigenvalue weighted by Crippen LogP contribution is -2.35. The molecule has 0 bridgehead atoms. The molecule has 3 rings (SSSR count). The zero-order valence-electron chi connectivity index (χ0n) is 18.0. The number of carbonyl (C=O) groups is 2. The summed E-state index contributed by atoms with van der Waals surface area (Å²) in [4.78, 5) is 35.1. The first-order valence-electron chi connectivity index (χ1n) is 9.50. The van der Waals surface area contributed by atoms with E-state index in [1.54, 1.807) is 48.5 Å². The highest BCUT2D eigenvalue weighted by Gasteiger charge is 2.10. The van der Waals surface area contributed by atoms with Crippen LogP contribution in [0.4, 0.5) is 11.4 Å². The molecule has 0 aromatic heterocycles. The van der Waals surface area contributed by atoms with E-state index in [9.17, 15) is 14.5 Å². The summed E-state index contributed by atoms with van der Waals surface area (Å²) in [6.07, 6.45) is 1.40. The van der Waals surface area contributed by atoms with Crippen molar-refractivity contribution in [3.05, 3.63) is 87.2 Å². The second kappa shape index (κ2) is 14.2. The van der Waals surface area contributed by atoms with Crippen LogP contribution in [0.15, 0.2) is 81.5 Å². The maximum absolute atomic E-state index is 12.1. The van der Waals surface area contributed by atoms with Crippen molar-refractivity contribution in [1.29, 1.82) is 0 Å². The molecule has 0 saturated carbocycles. The van der Waals surface area contributed by atoms with Crippen LogP contribution >= 0.6 is 15.9 Å². The van der Waals surface area contributed by atoms with E-state index >= 15 is 0 Å². The van der Waals surface area contributed by atoms with Gasteiger partial charge in [-0.15, -0.1) is 4.91 Å². The maximum atomic E-state index is 12.1. The van der Waals surface area contributed by atoms with Crippen LogP contribution in [0, 0.1) is 4.91 Å². The maximum Gasteiger partial charge on any atom is 0.259 e. The van der Waals surface area contributed by atoms with Crippen LogP contribution in [0.1, 0.15) is 15.9 Å². The molecule has 0 heterocycles. The fraction of sp³-hybridized carbons (Fsp3) is 0.0455. The van der Waals surface area contributed by atoms with Gasteiger partial charge in [0.05, 0.1) is 24.0 Å². The smallest absolute Gasteiger partial charge is 0.259 e. The predicted octanol–water partition coefficient (Wildman–Crippen LogP) is 2.67. The average Bonchev–Trinajstić information content (AvgIpc) is 2.83. The number of benzene rings is 3. The number of nitrogens with zero attached hydrogens (tertiary/aromatic N) is 2. The molecule has 3 aromatic rings. The van der Waals surface area contributed by atoms with E-state index in [1.165, 1.54) is 24.4 Å². The zero-order valence-corrected chi connectivity index (χ0v) is 19.6. The summed E-state index contributed by atoms with van der Waals surface area (Å²) in [7, 11) is 0. The van der Waals surface area contributed by atoms with E-state index in [2.05, 4.69) is 37.0 Å². The Kier molecular flexibility index (Phi) is 11.7. The Morgan fingerprint density at radius 1 is 1.03 bits per heavy atom. The molecule has 2 amide bonds. The van der Waals surface area contributed by atoms with Crippen molar-refractivity contribution >= 4 is 45.3 Å². The fourth-order valence-corrected chi connectivity index (χ4v) is 3.11. The van der Waals surface area contributed by atoms with Gasteiger partial charge in [0.15, 0.2) is 11.4 Å². The molecule has 0 radical (unpaired) electrons. The number of nitrogens with one attached hydrogen (secondary N) is 3. The van der Waals surface area contributed by atoms with Crippen LogP contribution in [0.3, 0.4) is 0 Å². The summed E-state index contributed by atoms with van der Waals surface area (Å²) in [5.74, 6) is -0.287. The number of carbonyl (C=O) groups excluding carboxylic acids is 2. The Morgan fingerprint density at radius 3 is 2.51 bits per heavy atom. The van der Waals surface area contributed by atoms with Crippen molar-refractivity contribution in [3.63, 3.8) is 0 Å². The Hall–Kier alpha value is -4.17. The van der Waals surface area contributed by atoms with E-state index in [-0.39, 0.29) is 28.9 Å².